The maximum absolute atomic E-state index is 12.6. The fourth-order valence-electron chi connectivity index (χ4n) is 3.30. The summed E-state index contributed by atoms with van der Waals surface area (Å²) in [5.41, 5.74) is 2.49. The van der Waals surface area contributed by atoms with Gasteiger partial charge in [0, 0.05) is 39.1 Å². The average Bonchev–Trinajstić information content (AvgIpc) is 3.24. The third kappa shape index (κ3) is 3.27. The molecule has 0 radical (unpaired) electrons. The number of rotatable bonds is 4. The number of nitrogens with zero attached hydrogens (tertiary/aromatic N) is 3. The van der Waals surface area contributed by atoms with Gasteiger partial charge >= 0.3 is 0 Å². The lowest BCUT2D eigenvalue weighted by atomic mass is 10.1. The van der Waals surface area contributed by atoms with Gasteiger partial charge in [0.15, 0.2) is 0 Å². The monoisotopic (exact) mass is 382 g/mol. The number of fused-ring (bicyclic) bond motifs is 1. The summed E-state index contributed by atoms with van der Waals surface area (Å²) in [6.45, 7) is 3.82. The van der Waals surface area contributed by atoms with Gasteiger partial charge < -0.3 is 4.74 Å². The highest BCUT2D eigenvalue weighted by Gasteiger charge is 2.31. The number of halogens is 1. The maximum atomic E-state index is 12.6. The lowest BCUT2D eigenvalue weighted by Crippen LogP contribution is -2.48. The molecule has 134 valence electrons. The van der Waals surface area contributed by atoms with Crippen molar-refractivity contribution in [3.63, 3.8) is 0 Å². The van der Waals surface area contributed by atoms with Crippen LogP contribution in [0, 0.1) is 0 Å². The first-order valence-corrected chi connectivity index (χ1v) is 10.0. The third-order valence-corrected chi connectivity index (χ3v) is 6.98. The van der Waals surface area contributed by atoms with Crippen LogP contribution in [-0.2, 0) is 23.0 Å². The lowest BCUT2D eigenvalue weighted by molar-refractivity contribution is 0.181. The summed E-state index contributed by atoms with van der Waals surface area (Å²) in [7, 11) is -3.59. The molecule has 2 aliphatic rings. The minimum Gasteiger partial charge on any atom is -0.493 e. The molecule has 0 atom stereocenters. The molecular weight excluding hydrogens is 364 g/mol. The Hall–Kier alpha value is -1.61. The molecular formula is C16H19ClN4O3S. The standard InChI is InChI=1S/C16H19ClN4O3S/c17-16-15(10-18-19-16)25(22,23)21-6-4-20(5-7-21)11-12-1-2-14-13(9-12)3-8-24-14/h1-2,9-10H,3-8,11H2,(H,18,19). The van der Waals surface area contributed by atoms with Crippen molar-refractivity contribution >= 4 is 21.6 Å². The number of piperazine rings is 1. The first-order valence-electron chi connectivity index (χ1n) is 8.20. The molecule has 1 saturated heterocycles. The van der Waals surface area contributed by atoms with Crippen LogP contribution >= 0.6 is 11.6 Å². The summed E-state index contributed by atoms with van der Waals surface area (Å²) in [6.07, 6.45) is 2.22. The van der Waals surface area contributed by atoms with E-state index in [1.807, 2.05) is 6.07 Å². The first kappa shape index (κ1) is 16.8. The van der Waals surface area contributed by atoms with Crippen LogP contribution in [0.2, 0.25) is 5.15 Å². The third-order valence-electron chi connectivity index (χ3n) is 4.67. The Morgan fingerprint density at radius 1 is 1.24 bits per heavy atom. The zero-order valence-electron chi connectivity index (χ0n) is 13.6. The van der Waals surface area contributed by atoms with E-state index in [9.17, 15) is 8.42 Å². The van der Waals surface area contributed by atoms with Gasteiger partial charge in [-0.2, -0.15) is 9.40 Å². The van der Waals surface area contributed by atoms with Crippen molar-refractivity contribution < 1.29 is 13.2 Å². The van der Waals surface area contributed by atoms with Crippen molar-refractivity contribution in [2.45, 2.75) is 17.9 Å². The summed E-state index contributed by atoms with van der Waals surface area (Å²) < 4.78 is 32.2. The van der Waals surface area contributed by atoms with E-state index >= 15 is 0 Å². The van der Waals surface area contributed by atoms with E-state index in [-0.39, 0.29) is 10.0 Å². The minimum atomic E-state index is -3.59. The second-order valence-corrected chi connectivity index (χ2v) is 8.55. The molecule has 4 rings (SSSR count). The number of hydrogen-bond donors (Lipinski definition) is 1. The van der Waals surface area contributed by atoms with Crippen LogP contribution in [-0.4, -0.2) is 60.6 Å². The molecule has 0 amide bonds. The highest BCUT2D eigenvalue weighted by Crippen LogP contribution is 2.27. The normalized spacial score (nSPS) is 18.9. The topological polar surface area (TPSA) is 78.5 Å². The van der Waals surface area contributed by atoms with Crippen molar-refractivity contribution in [2.24, 2.45) is 0 Å². The fourth-order valence-corrected chi connectivity index (χ4v) is 5.07. The Balaban J connectivity index is 1.39. The zero-order chi connectivity index (χ0) is 17.4. The number of sulfonamides is 1. The van der Waals surface area contributed by atoms with Crippen molar-refractivity contribution in [2.75, 3.05) is 32.8 Å². The Kier molecular flexibility index (Phi) is 4.45. The van der Waals surface area contributed by atoms with Gasteiger partial charge in [-0.05, 0) is 17.2 Å². The van der Waals surface area contributed by atoms with Crippen molar-refractivity contribution in [1.29, 1.82) is 0 Å². The van der Waals surface area contributed by atoms with Gasteiger partial charge in [-0.3, -0.25) is 10.00 Å². The number of aromatic nitrogens is 2. The van der Waals surface area contributed by atoms with Gasteiger partial charge in [0.25, 0.3) is 0 Å². The van der Waals surface area contributed by atoms with E-state index in [4.69, 9.17) is 16.3 Å². The largest absolute Gasteiger partial charge is 0.493 e. The molecule has 0 unspecified atom stereocenters. The van der Waals surface area contributed by atoms with Crippen LogP contribution in [0.4, 0.5) is 0 Å². The minimum absolute atomic E-state index is 0.0428. The second-order valence-electron chi connectivity index (χ2n) is 6.27. The number of nitrogens with one attached hydrogen (secondary N) is 1. The Morgan fingerprint density at radius 3 is 2.76 bits per heavy atom. The summed E-state index contributed by atoms with van der Waals surface area (Å²) in [5.74, 6) is 0.983. The van der Waals surface area contributed by atoms with Gasteiger partial charge in [-0.15, -0.1) is 0 Å². The Morgan fingerprint density at radius 2 is 2.04 bits per heavy atom. The Bertz CT molecular complexity index is 875. The van der Waals surface area contributed by atoms with E-state index in [1.165, 1.54) is 21.6 Å². The number of H-pyrrole nitrogens is 1. The van der Waals surface area contributed by atoms with Gasteiger partial charge in [-0.1, -0.05) is 23.7 Å². The van der Waals surface area contributed by atoms with Crippen molar-refractivity contribution in [3.8, 4) is 5.75 Å². The molecule has 1 aromatic heterocycles. The van der Waals surface area contributed by atoms with Gasteiger partial charge in [0.1, 0.15) is 15.8 Å². The van der Waals surface area contributed by atoms with Crippen LogP contribution in [0.5, 0.6) is 5.75 Å². The molecule has 0 saturated carbocycles. The summed E-state index contributed by atoms with van der Waals surface area (Å²) in [6, 6.07) is 6.30. The SMILES string of the molecule is O=S(=O)(c1cn[nH]c1Cl)N1CCN(Cc2ccc3c(c2)CCO3)CC1. The number of ether oxygens (including phenoxy) is 1. The van der Waals surface area contributed by atoms with Crippen LogP contribution < -0.4 is 4.74 Å². The first-order chi connectivity index (χ1) is 12.0. The molecule has 25 heavy (non-hydrogen) atoms. The van der Waals surface area contributed by atoms with E-state index in [1.54, 1.807) is 0 Å². The number of aromatic amines is 1. The van der Waals surface area contributed by atoms with E-state index in [0.29, 0.717) is 26.2 Å². The molecule has 1 N–H and O–H groups in total. The molecule has 0 spiro atoms. The molecule has 1 fully saturated rings. The molecule has 1 aromatic carbocycles. The van der Waals surface area contributed by atoms with Crippen LogP contribution in [0.25, 0.3) is 0 Å². The number of hydrogen-bond acceptors (Lipinski definition) is 5. The molecule has 2 aromatic rings. The summed E-state index contributed by atoms with van der Waals surface area (Å²) in [4.78, 5) is 2.31. The van der Waals surface area contributed by atoms with E-state index in [0.717, 1.165) is 25.3 Å². The molecule has 3 heterocycles. The number of benzene rings is 1. The molecule has 0 bridgehead atoms. The predicted molar refractivity (Wildman–Crippen MR) is 93.3 cm³/mol. The second kappa shape index (κ2) is 6.60. The van der Waals surface area contributed by atoms with Gasteiger partial charge in [0.05, 0.1) is 12.8 Å². The fraction of sp³-hybridized carbons (Fsp3) is 0.438. The Labute approximate surface area is 151 Å². The zero-order valence-corrected chi connectivity index (χ0v) is 15.2. The molecule has 7 nitrogen and oxygen atoms in total. The maximum Gasteiger partial charge on any atom is 0.247 e. The smallest absolute Gasteiger partial charge is 0.247 e. The molecule has 2 aliphatic heterocycles. The van der Waals surface area contributed by atoms with E-state index in [2.05, 4.69) is 27.2 Å². The van der Waals surface area contributed by atoms with Crippen LogP contribution in [0.15, 0.2) is 29.3 Å². The van der Waals surface area contributed by atoms with Crippen LogP contribution in [0.1, 0.15) is 11.1 Å². The van der Waals surface area contributed by atoms with Gasteiger partial charge in [-0.25, -0.2) is 8.42 Å². The van der Waals surface area contributed by atoms with Crippen molar-refractivity contribution in [3.05, 3.63) is 40.7 Å². The highest BCUT2D eigenvalue weighted by atomic mass is 35.5. The van der Waals surface area contributed by atoms with Gasteiger partial charge in [0.2, 0.25) is 10.0 Å². The summed E-state index contributed by atoms with van der Waals surface area (Å²) in [5, 5.41) is 6.22. The van der Waals surface area contributed by atoms with Crippen LogP contribution in [0.3, 0.4) is 0 Å². The highest BCUT2D eigenvalue weighted by molar-refractivity contribution is 7.89. The molecule has 9 heteroatoms. The average molecular weight is 383 g/mol. The van der Waals surface area contributed by atoms with Crippen molar-refractivity contribution in [1.82, 2.24) is 19.4 Å². The van der Waals surface area contributed by atoms with E-state index < -0.39 is 10.0 Å². The lowest BCUT2D eigenvalue weighted by Gasteiger charge is -2.33. The quantitative estimate of drug-likeness (QED) is 0.867. The predicted octanol–water partition coefficient (Wildman–Crippen LogP) is 1.50. The molecule has 0 aliphatic carbocycles. The summed E-state index contributed by atoms with van der Waals surface area (Å²) >= 11 is 5.88.